The number of esters is 1. The molecule has 0 saturated carbocycles. The van der Waals surface area contributed by atoms with Gasteiger partial charge in [-0.25, -0.2) is 4.79 Å². The lowest BCUT2D eigenvalue weighted by Crippen LogP contribution is -2.21. The number of benzene rings is 3. The fourth-order valence-corrected chi connectivity index (χ4v) is 4.77. The first-order chi connectivity index (χ1) is 16.9. The molecule has 1 unspecified atom stereocenters. The van der Waals surface area contributed by atoms with Gasteiger partial charge >= 0.3 is 5.97 Å². The number of carbonyl (C=O) groups excluding carboxylic acids is 1. The third-order valence-corrected chi connectivity index (χ3v) is 6.68. The Morgan fingerprint density at radius 1 is 1.14 bits per heavy atom. The van der Waals surface area contributed by atoms with Gasteiger partial charge in [0.2, 0.25) is 5.88 Å². The van der Waals surface area contributed by atoms with Crippen LogP contribution in [0.25, 0.3) is 0 Å². The number of halogens is 2. The molecular formula is C26H20Cl2N2O4S. The minimum atomic E-state index is -0.655. The largest absolute Gasteiger partial charge is 0.491 e. The molecule has 9 heteroatoms. The fourth-order valence-electron chi connectivity index (χ4n) is 3.76. The SMILES string of the molecule is CCOc1c(Cl)cc(C(=O)Oc2ccc3c(c2)OC(N)=C(C#N)C3c2ccc(SC)cc2)cc1Cl. The van der Waals surface area contributed by atoms with E-state index in [-0.39, 0.29) is 27.2 Å². The lowest BCUT2D eigenvalue weighted by atomic mass is 9.83. The van der Waals surface area contributed by atoms with Crippen molar-refractivity contribution in [2.75, 3.05) is 12.9 Å². The van der Waals surface area contributed by atoms with Crippen molar-refractivity contribution < 1.29 is 19.0 Å². The van der Waals surface area contributed by atoms with Crippen molar-refractivity contribution in [2.45, 2.75) is 17.7 Å². The molecule has 1 atom stereocenters. The van der Waals surface area contributed by atoms with Crippen molar-refractivity contribution in [3.8, 4) is 23.3 Å². The molecule has 35 heavy (non-hydrogen) atoms. The van der Waals surface area contributed by atoms with Crippen molar-refractivity contribution in [1.29, 1.82) is 5.26 Å². The Hall–Kier alpha value is -3.31. The molecule has 1 aliphatic heterocycles. The van der Waals surface area contributed by atoms with E-state index in [4.69, 9.17) is 43.1 Å². The van der Waals surface area contributed by atoms with Gasteiger partial charge in [-0.3, -0.25) is 0 Å². The van der Waals surface area contributed by atoms with Crippen LogP contribution in [-0.2, 0) is 0 Å². The highest BCUT2D eigenvalue weighted by Gasteiger charge is 2.31. The maximum absolute atomic E-state index is 12.8. The lowest BCUT2D eigenvalue weighted by Gasteiger charge is -2.26. The van der Waals surface area contributed by atoms with Crippen molar-refractivity contribution in [2.24, 2.45) is 5.73 Å². The predicted octanol–water partition coefficient (Wildman–Crippen LogP) is 6.55. The van der Waals surface area contributed by atoms with Crippen LogP contribution < -0.4 is 19.9 Å². The molecule has 0 amide bonds. The van der Waals surface area contributed by atoms with Gasteiger partial charge in [-0.2, -0.15) is 5.26 Å². The fraction of sp³-hybridized carbons (Fsp3) is 0.154. The minimum absolute atomic E-state index is 0.00694. The molecule has 0 radical (unpaired) electrons. The summed E-state index contributed by atoms with van der Waals surface area (Å²) in [7, 11) is 0. The second-order valence-electron chi connectivity index (χ2n) is 7.49. The summed E-state index contributed by atoms with van der Waals surface area (Å²) >= 11 is 14.0. The van der Waals surface area contributed by atoms with Crippen molar-refractivity contribution >= 4 is 40.9 Å². The standard InChI is InChI=1S/C26H20Cl2N2O4S/c1-3-32-24-20(27)10-15(11-21(24)28)26(31)33-16-6-9-18-22(12-16)34-25(30)19(13-29)23(18)14-4-7-17(35-2)8-5-14/h4-12,23H,3,30H2,1-2H3. The Labute approximate surface area is 217 Å². The zero-order valence-electron chi connectivity index (χ0n) is 18.8. The summed E-state index contributed by atoms with van der Waals surface area (Å²) in [4.78, 5) is 13.9. The molecule has 1 heterocycles. The monoisotopic (exact) mass is 526 g/mol. The number of nitriles is 1. The van der Waals surface area contributed by atoms with Crippen molar-refractivity contribution in [1.82, 2.24) is 0 Å². The summed E-state index contributed by atoms with van der Waals surface area (Å²) < 4.78 is 16.7. The molecule has 6 nitrogen and oxygen atoms in total. The molecule has 0 fully saturated rings. The molecule has 178 valence electrons. The number of allylic oxidation sites excluding steroid dienone is 1. The van der Waals surface area contributed by atoms with Gasteiger partial charge < -0.3 is 19.9 Å². The van der Waals surface area contributed by atoms with E-state index >= 15 is 0 Å². The van der Waals surface area contributed by atoms with Gasteiger partial charge in [-0.05, 0) is 49.1 Å². The summed E-state index contributed by atoms with van der Waals surface area (Å²) in [5.74, 6) is -0.117. The lowest BCUT2D eigenvalue weighted by molar-refractivity contribution is 0.0734. The van der Waals surface area contributed by atoms with Crippen LogP contribution in [0, 0.1) is 11.3 Å². The molecular weight excluding hydrogens is 507 g/mol. The number of rotatable bonds is 6. The predicted molar refractivity (Wildman–Crippen MR) is 137 cm³/mol. The van der Waals surface area contributed by atoms with Crippen LogP contribution in [-0.4, -0.2) is 18.8 Å². The van der Waals surface area contributed by atoms with Crippen LogP contribution in [0.3, 0.4) is 0 Å². The van der Waals surface area contributed by atoms with Gasteiger partial charge in [-0.1, -0.05) is 41.4 Å². The molecule has 2 N–H and O–H groups in total. The second-order valence-corrected chi connectivity index (χ2v) is 9.18. The summed E-state index contributed by atoms with van der Waals surface area (Å²) in [6.07, 6.45) is 2.00. The van der Waals surface area contributed by atoms with Gasteiger partial charge in [0, 0.05) is 16.5 Å². The zero-order chi connectivity index (χ0) is 25.1. The zero-order valence-corrected chi connectivity index (χ0v) is 21.1. The number of ether oxygens (including phenoxy) is 3. The minimum Gasteiger partial charge on any atom is -0.491 e. The number of thioether (sulfide) groups is 1. The molecule has 0 bridgehead atoms. The van der Waals surface area contributed by atoms with Gasteiger partial charge in [0.1, 0.15) is 23.1 Å². The van der Waals surface area contributed by atoms with E-state index in [0.717, 1.165) is 16.0 Å². The molecule has 0 spiro atoms. The smallest absolute Gasteiger partial charge is 0.343 e. The second kappa shape index (κ2) is 10.5. The van der Waals surface area contributed by atoms with Crippen LogP contribution in [0.15, 0.2) is 70.9 Å². The average Bonchev–Trinajstić information content (AvgIpc) is 2.85. The maximum atomic E-state index is 12.8. The van der Waals surface area contributed by atoms with E-state index in [9.17, 15) is 10.1 Å². The van der Waals surface area contributed by atoms with Crippen LogP contribution >= 0.6 is 35.0 Å². The van der Waals surface area contributed by atoms with Crippen molar-refractivity contribution in [3.05, 3.63) is 92.8 Å². The Bertz CT molecular complexity index is 1340. The first-order valence-corrected chi connectivity index (χ1v) is 12.5. The highest BCUT2D eigenvalue weighted by Crippen LogP contribution is 2.44. The third-order valence-electron chi connectivity index (χ3n) is 5.37. The summed E-state index contributed by atoms with van der Waals surface area (Å²) in [6.45, 7) is 2.19. The average molecular weight is 527 g/mol. The van der Waals surface area contributed by atoms with Gasteiger partial charge in [-0.15, -0.1) is 11.8 Å². The van der Waals surface area contributed by atoms with E-state index in [2.05, 4.69) is 6.07 Å². The molecule has 0 saturated heterocycles. The topological polar surface area (TPSA) is 94.6 Å². The number of nitrogens with two attached hydrogens (primary N) is 1. The third kappa shape index (κ3) is 5.06. The van der Waals surface area contributed by atoms with E-state index in [1.54, 1.807) is 36.9 Å². The van der Waals surface area contributed by atoms with Gasteiger partial charge in [0.25, 0.3) is 0 Å². The summed E-state index contributed by atoms with van der Waals surface area (Å²) in [6, 6.07) is 17.9. The normalized spacial score (nSPS) is 14.5. The highest BCUT2D eigenvalue weighted by atomic mass is 35.5. The van der Waals surface area contributed by atoms with Crippen LogP contribution in [0.1, 0.15) is 34.3 Å². The van der Waals surface area contributed by atoms with E-state index < -0.39 is 11.9 Å². The Balaban J connectivity index is 1.64. The van der Waals surface area contributed by atoms with Crippen LogP contribution in [0.5, 0.6) is 17.2 Å². The van der Waals surface area contributed by atoms with Crippen LogP contribution in [0.2, 0.25) is 10.0 Å². The number of hydrogen-bond acceptors (Lipinski definition) is 7. The molecule has 3 aromatic rings. The molecule has 0 aliphatic carbocycles. The number of fused-ring (bicyclic) bond motifs is 1. The summed E-state index contributed by atoms with van der Waals surface area (Å²) in [5, 5.41) is 10.2. The highest BCUT2D eigenvalue weighted by molar-refractivity contribution is 7.98. The van der Waals surface area contributed by atoms with Crippen molar-refractivity contribution in [3.63, 3.8) is 0 Å². The van der Waals surface area contributed by atoms with Gasteiger partial charge in [0.15, 0.2) is 5.75 Å². The maximum Gasteiger partial charge on any atom is 0.343 e. The first kappa shape index (κ1) is 24.8. The van der Waals surface area contributed by atoms with Crippen LogP contribution in [0.4, 0.5) is 0 Å². The number of carbonyl (C=O) groups is 1. The van der Waals surface area contributed by atoms with E-state index in [1.165, 1.54) is 12.1 Å². The van der Waals surface area contributed by atoms with E-state index in [1.807, 2.05) is 30.5 Å². The molecule has 3 aromatic carbocycles. The quantitative estimate of drug-likeness (QED) is 0.221. The Morgan fingerprint density at radius 3 is 2.43 bits per heavy atom. The van der Waals surface area contributed by atoms with Gasteiger partial charge in [0.05, 0.1) is 28.1 Å². The first-order valence-electron chi connectivity index (χ1n) is 10.6. The molecule has 4 rings (SSSR count). The molecule has 0 aromatic heterocycles. The molecule has 1 aliphatic rings. The van der Waals surface area contributed by atoms with E-state index in [0.29, 0.717) is 23.7 Å². The number of nitrogens with zero attached hydrogens (tertiary/aromatic N) is 1. The Morgan fingerprint density at radius 2 is 1.83 bits per heavy atom. The Kier molecular flexibility index (Phi) is 7.46. The number of hydrogen-bond donors (Lipinski definition) is 1. The summed E-state index contributed by atoms with van der Waals surface area (Å²) in [5.41, 5.74) is 8.20.